The summed E-state index contributed by atoms with van der Waals surface area (Å²) < 4.78 is 0. The molecule has 3 amide bonds. The Labute approximate surface area is 156 Å². The minimum atomic E-state index is -0.648. The number of carbonyl (C=O) groups excluding carboxylic acids is 2. The van der Waals surface area contributed by atoms with E-state index in [0.717, 1.165) is 12.8 Å². The second-order valence-corrected chi connectivity index (χ2v) is 6.09. The maximum Gasteiger partial charge on any atom is 0.316 e. The standard InChI is InChI=1S/C19H20N6O2/c20-19(27)24-15-10-6-13(7-11-15)22-16(12-4-2-1-3-5-12)17(25-21)18(26)23-14-8-9-14/h1-7,10-11,14H,8-9,21H2,(H,23,26)(H3,20,24,27). The lowest BCUT2D eigenvalue weighted by atomic mass is 10.0. The Morgan fingerprint density at radius 3 is 2.22 bits per heavy atom. The third-order valence-corrected chi connectivity index (χ3v) is 3.90. The largest absolute Gasteiger partial charge is 0.351 e. The third-order valence-electron chi connectivity index (χ3n) is 3.90. The van der Waals surface area contributed by atoms with Crippen molar-refractivity contribution in [3.05, 3.63) is 60.2 Å². The van der Waals surface area contributed by atoms with Gasteiger partial charge in [0, 0.05) is 17.3 Å². The average Bonchev–Trinajstić information content (AvgIpc) is 3.47. The van der Waals surface area contributed by atoms with Crippen LogP contribution in [0.3, 0.4) is 0 Å². The van der Waals surface area contributed by atoms with E-state index in [-0.39, 0.29) is 17.7 Å². The molecular formula is C19H20N6O2. The zero-order valence-corrected chi connectivity index (χ0v) is 14.6. The van der Waals surface area contributed by atoms with Crippen molar-refractivity contribution in [2.75, 3.05) is 5.32 Å². The van der Waals surface area contributed by atoms with Gasteiger partial charge in [-0.25, -0.2) is 9.79 Å². The Balaban J connectivity index is 1.95. The van der Waals surface area contributed by atoms with Crippen LogP contribution in [-0.4, -0.2) is 29.4 Å². The fourth-order valence-electron chi connectivity index (χ4n) is 2.45. The number of nitrogens with two attached hydrogens (primary N) is 2. The summed E-state index contributed by atoms with van der Waals surface area (Å²) in [6.07, 6.45) is 1.91. The summed E-state index contributed by atoms with van der Waals surface area (Å²) in [6.45, 7) is 0. The third kappa shape index (κ3) is 4.91. The molecule has 138 valence electrons. The van der Waals surface area contributed by atoms with Crippen LogP contribution in [0, 0.1) is 0 Å². The molecule has 0 aliphatic heterocycles. The molecule has 0 heterocycles. The van der Waals surface area contributed by atoms with Crippen LogP contribution in [0.1, 0.15) is 18.4 Å². The Morgan fingerprint density at radius 1 is 1.00 bits per heavy atom. The molecule has 1 aliphatic carbocycles. The van der Waals surface area contributed by atoms with Gasteiger partial charge in [-0.3, -0.25) is 4.79 Å². The Morgan fingerprint density at radius 2 is 1.67 bits per heavy atom. The van der Waals surface area contributed by atoms with Crippen LogP contribution in [0.15, 0.2) is 64.7 Å². The van der Waals surface area contributed by atoms with Crippen molar-refractivity contribution in [3.8, 4) is 0 Å². The van der Waals surface area contributed by atoms with Crippen LogP contribution in [0.4, 0.5) is 16.2 Å². The molecule has 8 nitrogen and oxygen atoms in total. The van der Waals surface area contributed by atoms with Crippen LogP contribution in [0.25, 0.3) is 0 Å². The smallest absolute Gasteiger partial charge is 0.316 e. The summed E-state index contributed by atoms with van der Waals surface area (Å²) in [6, 6.07) is 15.5. The van der Waals surface area contributed by atoms with Crippen molar-refractivity contribution in [2.24, 2.45) is 21.7 Å². The molecule has 2 aromatic carbocycles. The highest BCUT2D eigenvalue weighted by Crippen LogP contribution is 2.20. The zero-order valence-electron chi connectivity index (χ0n) is 14.6. The second kappa shape index (κ2) is 8.13. The van der Waals surface area contributed by atoms with Crippen molar-refractivity contribution in [2.45, 2.75) is 18.9 Å². The Kier molecular flexibility index (Phi) is 5.46. The van der Waals surface area contributed by atoms with Gasteiger partial charge in [0.1, 0.15) is 5.71 Å². The van der Waals surface area contributed by atoms with Gasteiger partial charge >= 0.3 is 6.03 Å². The number of hydrogen-bond donors (Lipinski definition) is 4. The van der Waals surface area contributed by atoms with Crippen LogP contribution in [-0.2, 0) is 4.79 Å². The lowest BCUT2D eigenvalue weighted by molar-refractivity contribution is -0.114. The number of aliphatic imine (C=N–C) groups is 1. The normalized spacial score (nSPS) is 14.5. The number of nitrogens with zero attached hydrogens (tertiary/aromatic N) is 2. The number of hydrogen-bond acceptors (Lipinski definition) is 5. The molecule has 0 bridgehead atoms. The summed E-state index contributed by atoms with van der Waals surface area (Å²) in [7, 11) is 0. The van der Waals surface area contributed by atoms with Gasteiger partial charge in [0.05, 0.1) is 5.69 Å². The molecule has 8 heteroatoms. The number of anilines is 1. The van der Waals surface area contributed by atoms with E-state index in [0.29, 0.717) is 22.6 Å². The SMILES string of the molecule is NN=C(C(=O)NC1CC1)C(=Nc1ccc(NC(N)=O)cc1)c1ccccc1. The van der Waals surface area contributed by atoms with E-state index in [1.54, 1.807) is 24.3 Å². The summed E-state index contributed by atoms with van der Waals surface area (Å²) in [4.78, 5) is 28.0. The molecule has 0 saturated heterocycles. The van der Waals surface area contributed by atoms with Crippen molar-refractivity contribution in [3.63, 3.8) is 0 Å². The summed E-state index contributed by atoms with van der Waals surface area (Å²) >= 11 is 0. The number of urea groups is 1. The maximum atomic E-state index is 12.5. The lowest BCUT2D eigenvalue weighted by Crippen LogP contribution is -2.38. The molecule has 27 heavy (non-hydrogen) atoms. The topological polar surface area (TPSA) is 135 Å². The Hall–Kier alpha value is -3.68. The van der Waals surface area contributed by atoms with Gasteiger partial charge in [-0.1, -0.05) is 30.3 Å². The van der Waals surface area contributed by atoms with E-state index in [9.17, 15) is 9.59 Å². The van der Waals surface area contributed by atoms with Crippen LogP contribution in [0.2, 0.25) is 0 Å². The van der Waals surface area contributed by atoms with E-state index in [1.807, 2.05) is 30.3 Å². The molecule has 0 radical (unpaired) electrons. The first kappa shape index (κ1) is 18.1. The molecule has 1 aliphatic rings. The number of primary amides is 1. The minimum Gasteiger partial charge on any atom is -0.351 e. The van der Waals surface area contributed by atoms with E-state index in [2.05, 4.69) is 20.7 Å². The number of rotatable bonds is 6. The lowest BCUT2D eigenvalue weighted by Gasteiger charge is -2.10. The van der Waals surface area contributed by atoms with Crippen molar-refractivity contribution < 1.29 is 9.59 Å². The molecule has 0 unspecified atom stereocenters. The Bertz CT molecular complexity index is 886. The van der Waals surface area contributed by atoms with E-state index < -0.39 is 6.03 Å². The predicted octanol–water partition coefficient (Wildman–Crippen LogP) is 1.89. The number of nitrogens with one attached hydrogen (secondary N) is 2. The highest BCUT2D eigenvalue weighted by molar-refractivity contribution is 6.70. The summed E-state index contributed by atoms with van der Waals surface area (Å²) in [5.74, 6) is 5.17. The highest BCUT2D eigenvalue weighted by atomic mass is 16.2. The molecule has 0 aromatic heterocycles. The summed E-state index contributed by atoms with van der Waals surface area (Å²) in [5.41, 5.74) is 7.36. The molecule has 1 fully saturated rings. The van der Waals surface area contributed by atoms with Gasteiger partial charge in [-0.15, -0.1) is 0 Å². The van der Waals surface area contributed by atoms with Gasteiger partial charge in [-0.05, 0) is 37.1 Å². The minimum absolute atomic E-state index is 0.0624. The summed E-state index contributed by atoms with van der Waals surface area (Å²) in [5, 5.41) is 9.06. The first-order valence-corrected chi connectivity index (χ1v) is 8.46. The van der Waals surface area contributed by atoms with Gasteiger partial charge < -0.3 is 22.2 Å². The molecule has 3 rings (SSSR count). The highest BCUT2D eigenvalue weighted by Gasteiger charge is 2.28. The first-order valence-electron chi connectivity index (χ1n) is 8.46. The maximum absolute atomic E-state index is 12.5. The van der Waals surface area contributed by atoms with Crippen LogP contribution < -0.4 is 22.2 Å². The molecule has 1 saturated carbocycles. The molecule has 2 aromatic rings. The van der Waals surface area contributed by atoms with Gasteiger partial charge in [0.25, 0.3) is 5.91 Å². The first-order chi connectivity index (χ1) is 13.1. The van der Waals surface area contributed by atoms with Gasteiger partial charge in [-0.2, -0.15) is 5.10 Å². The number of hydrazone groups is 1. The zero-order chi connectivity index (χ0) is 19.2. The van der Waals surface area contributed by atoms with Crippen molar-refractivity contribution >= 4 is 34.7 Å². The monoisotopic (exact) mass is 364 g/mol. The number of carbonyl (C=O) groups is 2. The molecule has 0 spiro atoms. The fourth-order valence-corrected chi connectivity index (χ4v) is 2.45. The van der Waals surface area contributed by atoms with Gasteiger partial charge in [0.2, 0.25) is 0 Å². The molecule has 0 atom stereocenters. The van der Waals surface area contributed by atoms with E-state index in [4.69, 9.17) is 11.6 Å². The fraction of sp³-hybridized carbons (Fsp3) is 0.158. The number of benzene rings is 2. The van der Waals surface area contributed by atoms with E-state index >= 15 is 0 Å². The van der Waals surface area contributed by atoms with Crippen molar-refractivity contribution in [1.82, 2.24) is 5.32 Å². The van der Waals surface area contributed by atoms with Crippen molar-refractivity contribution in [1.29, 1.82) is 0 Å². The second-order valence-electron chi connectivity index (χ2n) is 6.09. The van der Waals surface area contributed by atoms with Crippen LogP contribution >= 0.6 is 0 Å². The predicted molar refractivity (Wildman–Crippen MR) is 105 cm³/mol. The quantitative estimate of drug-likeness (QED) is 0.354. The molecule has 6 N–H and O–H groups in total. The van der Waals surface area contributed by atoms with Crippen LogP contribution in [0.5, 0.6) is 0 Å². The molecular weight excluding hydrogens is 344 g/mol. The average molecular weight is 364 g/mol. The number of amides is 3. The van der Waals surface area contributed by atoms with E-state index in [1.165, 1.54) is 0 Å². The van der Waals surface area contributed by atoms with Gasteiger partial charge in [0.15, 0.2) is 5.71 Å².